The molecular weight excluding hydrogens is 881 g/mol. The third kappa shape index (κ3) is 6.79. The Bertz CT molecular complexity index is 4150. The van der Waals surface area contributed by atoms with Gasteiger partial charge in [0.1, 0.15) is 0 Å². The Labute approximate surface area is 426 Å². The van der Waals surface area contributed by atoms with Gasteiger partial charge in [0.2, 0.25) is 0 Å². The van der Waals surface area contributed by atoms with Crippen LogP contribution in [-0.4, -0.2) is 4.57 Å². The molecule has 13 aromatic rings. The lowest BCUT2D eigenvalue weighted by Crippen LogP contribution is -2.28. The maximum Gasteiger partial charge on any atom is 0.0714 e. The Morgan fingerprint density at radius 1 is 0.301 bits per heavy atom. The van der Waals surface area contributed by atoms with E-state index in [0.717, 1.165) is 39.4 Å². The second kappa shape index (κ2) is 17.4. The molecule has 0 radical (unpaired) electrons. The minimum absolute atomic E-state index is 0.565. The zero-order valence-corrected chi connectivity index (χ0v) is 40.1. The molecule has 2 heteroatoms. The van der Waals surface area contributed by atoms with Crippen LogP contribution in [0.25, 0.3) is 82.8 Å². The zero-order chi connectivity index (χ0) is 48.3. The normalized spacial score (nSPS) is 12.5. The summed E-state index contributed by atoms with van der Waals surface area (Å²) in [5, 5.41) is 4.92. The van der Waals surface area contributed by atoms with Crippen molar-refractivity contribution in [3.05, 3.63) is 313 Å². The number of hydrogen-bond donors (Lipinski definition) is 0. The second-order valence-corrected chi connectivity index (χ2v) is 19.2. The van der Waals surface area contributed by atoms with Crippen molar-refractivity contribution >= 4 is 49.6 Å². The number of nitrogens with zero attached hydrogens (tertiary/aromatic N) is 2. The molecule has 0 saturated carbocycles. The number of fused-ring (bicyclic) bond motifs is 7. The summed E-state index contributed by atoms with van der Waals surface area (Å²) in [6.45, 7) is 0. The van der Waals surface area contributed by atoms with E-state index in [1.54, 1.807) is 0 Å². The van der Waals surface area contributed by atoms with E-state index < -0.39 is 5.41 Å². The molecule has 1 aliphatic carbocycles. The van der Waals surface area contributed by atoms with Crippen LogP contribution in [0.3, 0.4) is 0 Å². The highest BCUT2D eigenvalue weighted by atomic mass is 15.1. The fourth-order valence-electron chi connectivity index (χ4n) is 12.1. The predicted octanol–water partition coefficient (Wildman–Crippen LogP) is 18.8. The molecule has 0 bridgehead atoms. The molecule has 0 unspecified atom stereocenters. The summed E-state index contributed by atoms with van der Waals surface area (Å²) < 4.78 is 2.41. The van der Waals surface area contributed by atoms with E-state index in [0.29, 0.717) is 0 Å². The zero-order valence-electron chi connectivity index (χ0n) is 40.1. The minimum Gasteiger partial charge on any atom is -0.310 e. The molecule has 2 nitrogen and oxygen atoms in total. The molecule has 73 heavy (non-hydrogen) atoms. The monoisotopic (exact) mass is 928 g/mol. The van der Waals surface area contributed by atoms with Gasteiger partial charge >= 0.3 is 0 Å². The summed E-state index contributed by atoms with van der Waals surface area (Å²) in [4.78, 5) is 2.51. The molecule has 342 valence electrons. The van der Waals surface area contributed by atoms with Gasteiger partial charge in [-0.05, 0) is 127 Å². The lowest BCUT2D eigenvalue weighted by molar-refractivity contribution is 0.768. The van der Waals surface area contributed by atoms with Crippen molar-refractivity contribution in [1.29, 1.82) is 0 Å². The third-order valence-electron chi connectivity index (χ3n) is 15.3. The highest BCUT2D eigenvalue weighted by molar-refractivity contribution is 6.11. The average Bonchev–Trinajstić information content (AvgIpc) is 3.96. The molecule has 1 heterocycles. The Morgan fingerprint density at radius 2 is 0.849 bits per heavy atom. The first-order valence-electron chi connectivity index (χ1n) is 25.3. The molecule has 1 aliphatic rings. The first-order valence-corrected chi connectivity index (χ1v) is 25.3. The van der Waals surface area contributed by atoms with Crippen molar-refractivity contribution in [2.24, 2.45) is 0 Å². The van der Waals surface area contributed by atoms with Crippen LogP contribution in [0, 0.1) is 0 Å². The van der Waals surface area contributed by atoms with Gasteiger partial charge in [0.05, 0.1) is 22.1 Å². The summed E-state index contributed by atoms with van der Waals surface area (Å²) in [5.41, 5.74) is 20.8. The van der Waals surface area contributed by atoms with Crippen molar-refractivity contribution in [1.82, 2.24) is 4.57 Å². The highest BCUT2D eigenvalue weighted by Crippen LogP contribution is 2.58. The first-order chi connectivity index (χ1) is 36.2. The smallest absolute Gasteiger partial charge is 0.0714 e. The van der Waals surface area contributed by atoms with E-state index in [1.807, 2.05) is 0 Å². The first kappa shape index (κ1) is 42.4. The Kier molecular flexibility index (Phi) is 10.1. The summed E-state index contributed by atoms with van der Waals surface area (Å²) >= 11 is 0. The lowest BCUT2D eigenvalue weighted by atomic mass is 9.67. The van der Waals surface area contributed by atoms with Gasteiger partial charge in [0.25, 0.3) is 0 Å². The standard InChI is InChI=1S/C71H48N2/c1-5-22-49(23-6-1)58-37-20-24-50-25-21-38-64(70(50)58)62-36-15-17-40-67(62)72(56-33-19-26-51(46-56)52-42-44-63-61-35-14-18-41-68(61)73(69(63)47-52)55-31-11-4-12-32-55)57-43-45-60-59-34-13-16-39-65(59)71(66(60)48-57,53-27-7-2-8-28-53)54-29-9-3-10-30-54/h1-48H. The summed E-state index contributed by atoms with van der Waals surface area (Å²) in [5.74, 6) is 0. The van der Waals surface area contributed by atoms with E-state index in [-0.39, 0.29) is 0 Å². The molecule has 12 aromatic carbocycles. The van der Waals surface area contributed by atoms with Crippen molar-refractivity contribution in [3.63, 3.8) is 0 Å². The van der Waals surface area contributed by atoms with Crippen molar-refractivity contribution < 1.29 is 0 Å². The summed E-state index contributed by atoms with van der Waals surface area (Å²) in [6.07, 6.45) is 0. The van der Waals surface area contributed by atoms with Crippen LogP contribution >= 0.6 is 0 Å². The van der Waals surface area contributed by atoms with Gasteiger partial charge in [-0.25, -0.2) is 0 Å². The molecular formula is C71H48N2. The van der Waals surface area contributed by atoms with Crippen molar-refractivity contribution in [3.8, 4) is 50.2 Å². The molecule has 0 aliphatic heterocycles. The van der Waals surface area contributed by atoms with Crippen molar-refractivity contribution in [2.75, 3.05) is 4.90 Å². The van der Waals surface area contributed by atoms with E-state index in [4.69, 9.17) is 0 Å². The molecule has 1 aromatic heterocycles. The van der Waals surface area contributed by atoms with E-state index in [2.05, 4.69) is 301 Å². The maximum absolute atomic E-state index is 2.51. The van der Waals surface area contributed by atoms with Gasteiger partial charge in [0, 0.05) is 33.4 Å². The Morgan fingerprint density at radius 3 is 1.62 bits per heavy atom. The molecule has 0 amide bonds. The molecule has 0 spiro atoms. The van der Waals surface area contributed by atoms with Crippen molar-refractivity contribution in [2.45, 2.75) is 5.41 Å². The molecule has 0 fully saturated rings. The summed E-state index contributed by atoms with van der Waals surface area (Å²) in [7, 11) is 0. The summed E-state index contributed by atoms with van der Waals surface area (Å²) in [6, 6.07) is 107. The SMILES string of the molecule is c1ccc(-c2cccc3cccc(-c4ccccc4N(c4cccc(-c5ccc6c7ccccc7n(-c7ccccc7)c6c5)c4)c4ccc5c(c4)C(c4ccccc4)(c4ccccc4)c4ccccc4-5)c23)cc1. The van der Waals surface area contributed by atoms with Gasteiger partial charge in [-0.1, -0.05) is 237 Å². The number of benzene rings is 12. The van der Waals surface area contributed by atoms with Gasteiger partial charge in [-0.2, -0.15) is 0 Å². The van der Waals surface area contributed by atoms with Crippen LogP contribution in [0.1, 0.15) is 22.3 Å². The average molecular weight is 929 g/mol. The van der Waals surface area contributed by atoms with E-state index in [1.165, 1.54) is 82.6 Å². The van der Waals surface area contributed by atoms with Gasteiger partial charge < -0.3 is 9.47 Å². The number of aromatic nitrogens is 1. The molecule has 0 N–H and O–H groups in total. The largest absolute Gasteiger partial charge is 0.310 e. The topological polar surface area (TPSA) is 8.17 Å². The highest BCUT2D eigenvalue weighted by Gasteiger charge is 2.46. The van der Waals surface area contributed by atoms with Crippen LogP contribution in [0.15, 0.2) is 291 Å². The minimum atomic E-state index is -0.565. The Balaban J connectivity index is 1.02. The molecule has 14 rings (SSSR count). The predicted molar refractivity (Wildman–Crippen MR) is 307 cm³/mol. The number of para-hydroxylation sites is 3. The van der Waals surface area contributed by atoms with Crippen LogP contribution < -0.4 is 4.90 Å². The second-order valence-electron chi connectivity index (χ2n) is 19.2. The van der Waals surface area contributed by atoms with Gasteiger partial charge in [-0.15, -0.1) is 0 Å². The van der Waals surface area contributed by atoms with Crippen LogP contribution in [0.2, 0.25) is 0 Å². The van der Waals surface area contributed by atoms with Crippen LogP contribution in [0.5, 0.6) is 0 Å². The Hall–Kier alpha value is -9.50. The number of anilines is 3. The number of hydrogen-bond acceptors (Lipinski definition) is 1. The maximum atomic E-state index is 2.51. The quantitative estimate of drug-likeness (QED) is 0.140. The van der Waals surface area contributed by atoms with E-state index in [9.17, 15) is 0 Å². The van der Waals surface area contributed by atoms with Crippen LogP contribution in [-0.2, 0) is 5.41 Å². The fraction of sp³-hybridized carbons (Fsp3) is 0.0141. The van der Waals surface area contributed by atoms with Gasteiger partial charge in [-0.3, -0.25) is 0 Å². The molecule has 0 atom stereocenters. The molecule has 0 saturated heterocycles. The number of rotatable bonds is 9. The van der Waals surface area contributed by atoms with Crippen LogP contribution in [0.4, 0.5) is 17.1 Å². The fourth-order valence-corrected chi connectivity index (χ4v) is 12.1. The van der Waals surface area contributed by atoms with E-state index >= 15 is 0 Å². The van der Waals surface area contributed by atoms with Gasteiger partial charge in [0.15, 0.2) is 0 Å². The third-order valence-corrected chi connectivity index (χ3v) is 15.3. The lowest BCUT2D eigenvalue weighted by Gasteiger charge is -2.35.